The number of furan rings is 1. The summed E-state index contributed by atoms with van der Waals surface area (Å²) < 4.78 is 10.4. The number of rotatable bonds is 6. The van der Waals surface area contributed by atoms with Crippen LogP contribution in [0.2, 0.25) is 0 Å². The topological polar surface area (TPSA) is 71.4 Å². The Kier molecular flexibility index (Phi) is 4.57. The molecule has 0 aliphatic rings. The minimum atomic E-state index is 0.0180. The monoisotopic (exact) mass is 331 g/mol. The average Bonchev–Trinajstić information content (AvgIpc) is 3.20. The Morgan fingerprint density at radius 1 is 1.43 bits per heavy atom. The molecule has 0 fully saturated rings. The van der Waals surface area contributed by atoms with Crippen molar-refractivity contribution in [3.8, 4) is 5.75 Å². The number of hydrogen-bond donors (Lipinski definition) is 1. The molecule has 1 N–H and O–H groups in total. The highest BCUT2D eigenvalue weighted by atomic mass is 32.2. The van der Waals surface area contributed by atoms with Gasteiger partial charge in [0.1, 0.15) is 11.5 Å². The lowest BCUT2D eigenvalue weighted by Crippen LogP contribution is -2.27. The van der Waals surface area contributed by atoms with Crippen LogP contribution in [0.3, 0.4) is 0 Å². The van der Waals surface area contributed by atoms with Crippen molar-refractivity contribution in [3.05, 3.63) is 42.4 Å². The van der Waals surface area contributed by atoms with Gasteiger partial charge in [0.05, 0.1) is 36.7 Å². The van der Waals surface area contributed by atoms with Crippen LogP contribution in [-0.2, 0) is 11.3 Å². The van der Waals surface area contributed by atoms with Crippen molar-refractivity contribution < 1.29 is 13.9 Å². The Balaban J connectivity index is 1.60. The molecule has 0 spiro atoms. The predicted octanol–water partition coefficient (Wildman–Crippen LogP) is 2.92. The van der Waals surface area contributed by atoms with Crippen LogP contribution in [0.5, 0.6) is 5.75 Å². The second-order valence-electron chi connectivity index (χ2n) is 5.04. The van der Waals surface area contributed by atoms with Crippen LogP contribution in [0.1, 0.15) is 5.76 Å². The number of carbonyl (C=O) groups is 1. The molecule has 0 saturated heterocycles. The molecular formula is C16H17N3O3S. The Bertz CT molecular complexity index is 798. The predicted molar refractivity (Wildman–Crippen MR) is 88.6 cm³/mol. The maximum Gasteiger partial charge on any atom is 0.233 e. The fourth-order valence-electron chi connectivity index (χ4n) is 2.13. The maximum atomic E-state index is 12.2. The molecule has 0 atom stereocenters. The van der Waals surface area contributed by atoms with Crippen molar-refractivity contribution in [2.24, 2.45) is 0 Å². The number of H-pyrrole nitrogens is 1. The lowest BCUT2D eigenvalue weighted by atomic mass is 10.3. The molecule has 3 rings (SSSR count). The van der Waals surface area contributed by atoms with Gasteiger partial charge in [-0.15, -0.1) is 0 Å². The molecule has 2 aromatic heterocycles. The Morgan fingerprint density at radius 2 is 2.30 bits per heavy atom. The first-order valence-electron chi connectivity index (χ1n) is 7.08. The SMILES string of the molecule is COc1ccc2nc(SCC(=O)N(C)Cc3ccco3)[nH]c2c1. The smallest absolute Gasteiger partial charge is 0.233 e. The van der Waals surface area contributed by atoms with E-state index in [1.54, 1.807) is 25.3 Å². The van der Waals surface area contributed by atoms with Gasteiger partial charge in [-0.3, -0.25) is 4.79 Å². The molecule has 0 saturated carbocycles. The van der Waals surface area contributed by atoms with E-state index in [1.807, 2.05) is 30.3 Å². The number of hydrogen-bond acceptors (Lipinski definition) is 5. The second kappa shape index (κ2) is 6.78. The minimum Gasteiger partial charge on any atom is -0.497 e. The molecule has 3 aromatic rings. The summed E-state index contributed by atoms with van der Waals surface area (Å²) in [4.78, 5) is 21.4. The summed E-state index contributed by atoms with van der Waals surface area (Å²) in [5.41, 5.74) is 1.74. The molecule has 6 nitrogen and oxygen atoms in total. The number of carbonyl (C=O) groups excluding carboxylic acids is 1. The number of fused-ring (bicyclic) bond motifs is 1. The van der Waals surface area contributed by atoms with Gasteiger partial charge in [-0.2, -0.15) is 0 Å². The summed E-state index contributed by atoms with van der Waals surface area (Å²) in [5.74, 6) is 1.87. The Hall–Kier alpha value is -2.41. The summed E-state index contributed by atoms with van der Waals surface area (Å²) >= 11 is 1.38. The largest absolute Gasteiger partial charge is 0.497 e. The van der Waals surface area contributed by atoms with Gasteiger partial charge in [0.2, 0.25) is 5.91 Å². The number of nitrogens with zero attached hydrogens (tertiary/aromatic N) is 2. The van der Waals surface area contributed by atoms with Crippen molar-refractivity contribution in [1.82, 2.24) is 14.9 Å². The summed E-state index contributed by atoms with van der Waals surface area (Å²) in [6, 6.07) is 9.30. The van der Waals surface area contributed by atoms with E-state index in [0.717, 1.165) is 22.5 Å². The van der Waals surface area contributed by atoms with Crippen LogP contribution >= 0.6 is 11.8 Å². The normalized spacial score (nSPS) is 10.9. The summed E-state index contributed by atoms with van der Waals surface area (Å²) in [6.45, 7) is 0.462. The first-order valence-corrected chi connectivity index (χ1v) is 8.07. The van der Waals surface area contributed by atoms with E-state index in [4.69, 9.17) is 9.15 Å². The van der Waals surface area contributed by atoms with Crippen LogP contribution in [0, 0.1) is 0 Å². The van der Waals surface area contributed by atoms with Crippen LogP contribution < -0.4 is 4.74 Å². The number of amides is 1. The third-order valence-electron chi connectivity index (χ3n) is 3.40. The molecule has 1 aromatic carbocycles. The fourth-order valence-corrected chi connectivity index (χ4v) is 2.95. The second-order valence-corrected chi connectivity index (χ2v) is 6.01. The lowest BCUT2D eigenvalue weighted by molar-refractivity contribution is -0.127. The molecule has 0 radical (unpaired) electrons. The van der Waals surface area contributed by atoms with E-state index in [0.29, 0.717) is 17.5 Å². The summed E-state index contributed by atoms with van der Waals surface area (Å²) in [7, 11) is 3.38. The van der Waals surface area contributed by atoms with E-state index in [1.165, 1.54) is 11.8 Å². The number of aromatic amines is 1. The van der Waals surface area contributed by atoms with Crippen molar-refractivity contribution in [1.29, 1.82) is 0 Å². The zero-order chi connectivity index (χ0) is 16.2. The molecule has 0 unspecified atom stereocenters. The zero-order valence-electron chi connectivity index (χ0n) is 12.9. The van der Waals surface area contributed by atoms with Crippen LogP contribution in [0.25, 0.3) is 11.0 Å². The van der Waals surface area contributed by atoms with Crippen molar-refractivity contribution in [2.75, 3.05) is 19.9 Å². The van der Waals surface area contributed by atoms with Crippen molar-refractivity contribution >= 4 is 28.7 Å². The molecule has 1 amide bonds. The highest BCUT2D eigenvalue weighted by Crippen LogP contribution is 2.23. The highest BCUT2D eigenvalue weighted by molar-refractivity contribution is 7.99. The number of benzene rings is 1. The lowest BCUT2D eigenvalue weighted by Gasteiger charge is -2.14. The van der Waals surface area contributed by atoms with Crippen LogP contribution in [0.15, 0.2) is 46.2 Å². The quantitative estimate of drug-likeness (QED) is 0.703. The highest BCUT2D eigenvalue weighted by Gasteiger charge is 2.13. The van der Waals surface area contributed by atoms with Gasteiger partial charge in [-0.05, 0) is 24.3 Å². The maximum absolute atomic E-state index is 12.2. The Morgan fingerprint density at radius 3 is 3.04 bits per heavy atom. The molecular weight excluding hydrogens is 314 g/mol. The van der Waals surface area contributed by atoms with E-state index in [9.17, 15) is 4.79 Å². The third-order valence-corrected chi connectivity index (χ3v) is 4.26. The molecule has 0 aliphatic carbocycles. The van der Waals surface area contributed by atoms with Gasteiger partial charge in [0.25, 0.3) is 0 Å². The van der Waals surface area contributed by atoms with Gasteiger partial charge in [0, 0.05) is 13.1 Å². The van der Waals surface area contributed by atoms with Crippen molar-refractivity contribution in [2.45, 2.75) is 11.7 Å². The summed E-state index contributed by atoms with van der Waals surface area (Å²) in [6.07, 6.45) is 1.60. The molecule has 0 bridgehead atoms. The number of methoxy groups -OCH3 is 1. The first-order chi connectivity index (χ1) is 11.2. The van der Waals surface area contributed by atoms with E-state index < -0.39 is 0 Å². The van der Waals surface area contributed by atoms with Crippen LogP contribution in [-0.4, -0.2) is 40.7 Å². The molecule has 23 heavy (non-hydrogen) atoms. The average molecular weight is 331 g/mol. The number of aromatic nitrogens is 2. The molecule has 120 valence electrons. The minimum absolute atomic E-state index is 0.0180. The van der Waals surface area contributed by atoms with E-state index in [-0.39, 0.29) is 5.91 Å². The number of thioether (sulfide) groups is 1. The molecule has 7 heteroatoms. The van der Waals surface area contributed by atoms with E-state index >= 15 is 0 Å². The number of nitrogens with one attached hydrogen (secondary N) is 1. The molecule has 2 heterocycles. The Labute approximate surface area is 137 Å². The van der Waals surface area contributed by atoms with Gasteiger partial charge < -0.3 is 19.0 Å². The summed E-state index contributed by atoms with van der Waals surface area (Å²) in [5, 5.41) is 0.716. The van der Waals surface area contributed by atoms with Crippen molar-refractivity contribution in [3.63, 3.8) is 0 Å². The van der Waals surface area contributed by atoms with Gasteiger partial charge >= 0.3 is 0 Å². The van der Waals surface area contributed by atoms with Gasteiger partial charge in [-0.1, -0.05) is 11.8 Å². The third kappa shape index (κ3) is 3.68. The van der Waals surface area contributed by atoms with Gasteiger partial charge in [0.15, 0.2) is 5.16 Å². The zero-order valence-corrected chi connectivity index (χ0v) is 13.7. The van der Waals surface area contributed by atoms with E-state index in [2.05, 4.69) is 9.97 Å². The number of ether oxygens (including phenoxy) is 1. The molecule has 0 aliphatic heterocycles. The first kappa shape index (κ1) is 15.5. The standard InChI is InChI=1S/C16H17N3O3S/c1-19(9-12-4-3-7-22-12)15(20)10-23-16-17-13-6-5-11(21-2)8-14(13)18-16/h3-8H,9-10H2,1-2H3,(H,17,18). The van der Waals surface area contributed by atoms with Gasteiger partial charge in [-0.25, -0.2) is 4.98 Å². The number of imidazole rings is 1. The fraction of sp³-hybridized carbons (Fsp3) is 0.250. The van der Waals surface area contributed by atoms with Crippen LogP contribution in [0.4, 0.5) is 0 Å².